The van der Waals surface area contributed by atoms with Gasteiger partial charge in [0.15, 0.2) is 0 Å². The van der Waals surface area contributed by atoms with E-state index in [9.17, 15) is 10.1 Å². The minimum absolute atomic E-state index is 0.0123. The number of hydrogen-bond acceptors (Lipinski definition) is 3. The molecule has 1 N–H and O–H groups in total. The van der Waals surface area contributed by atoms with Gasteiger partial charge in [-0.25, -0.2) is 0 Å². The fraction of sp³-hybridized carbons (Fsp3) is 0.0769. The summed E-state index contributed by atoms with van der Waals surface area (Å²) in [6.07, 6.45) is 0. The number of benzene rings is 2. The van der Waals surface area contributed by atoms with Crippen LogP contribution in [0, 0.1) is 10.1 Å². The molecule has 0 amide bonds. The van der Waals surface area contributed by atoms with Gasteiger partial charge in [-0.2, -0.15) is 0 Å². The number of anilines is 1. The highest BCUT2D eigenvalue weighted by Crippen LogP contribution is 2.28. The van der Waals surface area contributed by atoms with Crippen LogP contribution < -0.4 is 5.32 Å². The van der Waals surface area contributed by atoms with E-state index in [4.69, 9.17) is 11.6 Å². The Morgan fingerprint density at radius 3 is 2.60 bits per heavy atom. The normalized spacial score (nSPS) is 10.3. The molecule has 2 aromatic carbocycles. The second-order valence-corrected chi connectivity index (χ2v) is 6.21. The van der Waals surface area contributed by atoms with Crippen molar-refractivity contribution in [3.8, 4) is 0 Å². The average molecular weight is 420 g/mol. The van der Waals surface area contributed by atoms with Gasteiger partial charge in [0, 0.05) is 37.8 Å². The van der Waals surface area contributed by atoms with Crippen molar-refractivity contribution in [3.63, 3.8) is 0 Å². The number of nitrogens with one attached hydrogen (secondary N) is 1. The van der Waals surface area contributed by atoms with Crippen LogP contribution >= 0.6 is 43.5 Å². The van der Waals surface area contributed by atoms with Gasteiger partial charge >= 0.3 is 0 Å². The Hall–Kier alpha value is -1.11. The van der Waals surface area contributed by atoms with Crippen LogP contribution in [0.1, 0.15) is 5.56 Å². The second-order valence-electron chi connectivity index (χ2n) is 4.01. The fourth-order valence-corrected chi connectivity index (χ4v) is 3.03. The number of nitro benzene ring substituents is 1. The van der Waals surface area contributed by atoms with Crippen molar-refractivity contribution >= 4 is 54.8 Å². The third-order valence-corrected chi connectivity index (χ3v) is 4.03. The predicted molar refractivity (Wildman–Crippen MR) is 87.3 cm³/mol. The van der Waals surface area contributed by atoms with Crippen molar-refractivity contribution in [2.45, 2.75) is 6.54 Å². The minimum Gasteiger partial charge on any atom is -0.380 e. The lowest BCUT2D eigenvalue weighted by Gasteiger charge is -2.09. The molecule has 0 unspecified atom stereocenters. The molecule has 0 aliphatic carbocycles. The Morgan fingerprint density at radius 1 is 1.20 bits per heavy atom. The van der Waals surface area contributed by atoms with Crippen LogP contribution in [0.5, 0.6) is 0 Å². The molecular weight excluding hydrogens is 411 g/mol. The smallest absolute Gasteiger partial charge is 0.275 e. The first-order chi connectivity index (χ1) is 9.47. The van der Waals surface area contributed by atoms with E-state index in [1.807, 2.05) is 18.2 Å². The molecule has 0 heterocycles. The molecule has 0 aliphatic rings. The summed E-state index contributed by atoms with van der Waals surface area (Å²) in [4.78, 5) is 10.6. The lowest BCUT2D eigenvalue weighted by Crippen LogP contribution is -2.03. The van der Waals surface area contributed by atoms with Crippen molar-refractivity contribution in [3.05, 3.63) is 66.0 Å². The van der Waals surface area contributed by atoms with Gasteiger partial charge in [-0.1, -0.05) is 27.5 Å². The maximum Gasteiger partial charge on any atom is 0.275 e. The zero-order valence-electron chi connectivity index (χ0n) is 10.1. The van der Waals surface area contributed by atoms with Gasteiger partial charge in [0.1, 0.15) is 0 Å². The van der Waals surface area contributed by atoms with Crippen LogP contribution in [-0.2, 0) is 6.54 Å². The van der Waals surface area contributed by atoms with E-state index < -0.39 is 4.92 Å². The third kappa shape index (κ3) is 3.71. The molecule has 0 spiro atoms. The van der Waals surface area contributed by atoms with Crippen LogP contribution in [0.3, 0.4) is 0 Å². The predicted octanol–water partition coefficient (Wildman–Crippen LogP) is 5.39. The van der Waals surface area contributed by atoms with Gasteiger partial charge in [-0.15, -0.1) is 0 Å². The minimum atomic E-state index is -0.431. The van der Waals surface area contributed by atoms with E-state index in [1.165, 1.54) is 6.07 Å². The van der Waals surface area contributed by atoms with E-state index in [0.29, 0.717) is 17.1 Å². The maximum absolute atomic E-state index is 11.0. The molecule has 0 radical (unpaired) electrons. The molecule has 0 fully saturated rings. The number of halogens is 3. The summed E-state index contributed by atoms with van der Waals surface area (Å²) in [5.74, 6) is 0. The van der Waals surface area contributed by atoms with Crippen molar-refractivity contribution in [2.75, 3.05) is 5.32 Å². The lowest BCUT2D eigenvalue weighted by molar-refractivity contribution is -0.385. The summed E-state index contributed by atoms with van der Waals surface area (Å²) < 4.78 is 1.83. The van der Waals surface area contributed by atoms with E-state index in [0.717, 1.165) is 14.6 Å². The van der Waals surface area contributed by atoms with Crippen molar-refractivity contribution in [2.24, 2.45) is 0 Å². The molecule has 4 nitrogen and oxygen atoms in total. The van der Waals surface area contributed by atoms with E-state index >= 15 is 0 Å². The number of nitrogens with zero attached hydrogens (tertiary/aromatic N) is 1. The molecule has 0 saturated heterocycles. The molecule has 104 valence electrons. The van der Waals surface area contributed by atoms with Crippen LogP contribution in [0.25, 0.3) is 0 Å². The average Bonchev–Trinajstić information content (AvgIpc) is 2.38. The molecule has 0 bridgehead atoms. The molecule has 0 aromatic heterocycles. The molecular formula is C13H9Br2ClN2O2. The first-order valence-corrected chi connectivity index (χ1v) is 7.55. The number of hydrogen-bond donors (Lipinski definition) is 1. The maximum atomic E-state index is 11.0. The molecule has 0 atom stereocenters. The fourth-order valence-electron chi connectivity index (χ4n) is 1.68. The van der Waals surface area contributed by atoms with Crippen molar-refractivity contribution < 1.29 is 4.92 Å². The standard InChI is InChI=1S/C13H9Br2ClN2O2/c14-9-2-4-12(11(15)5-9)17-7-8-1-3-10(16)6-13(8)18(19)20/h1-6,17H,7H2. The summed E-state index contributed by atoms with van der Waals surface area (Å²) in [6, 6.07) is 10.3. The topological polar surface area (TPSA) is 55.2 Å². The van der Waals surface area contributed by atoms with Gasteiger partial charge in [-0.3, -0.25) is 10.1 Å². The Morgan fingerprint density at radius 2 is 1.95 bits per heavy atom. The Bertz CT molecular complexity index is 665. The molecule has 7 heteroatoms. The summed E-state index contributed by atoms with van der Waals surface area (Å²) in [5.41, 5.74) is 1.45. The lowest BCUT2D eigenvalue weighted by atomic mass is 10.1. The Labute approximate surface area is 137 Å². The largest absolute Gasteiger partial charge is 0.380 e. The molecule has 2 aromatic rings. The summed E-state index contributed by atoms with van der Waals surface area (Å²) in [6.45, 7) is 0.341. The van der Waals surface area contributed by atoms with Gasteiger partial charge in [0.05, 0.1) is 4.92 Å². The second kappa shape index (κ2) is 6.56. The molecule has 20 heavy (non-hydrogen) atoms. The summed E-state index contributed by atoms with van der Waals surface area (Å²) in [7, 11) is 0. The van der Waals surface area contributed by atoms with E-state index in [-0.39, 0.29) is 5.69 Å². The molecule has 2 rings (SSSR count). The number of rotatable bonds is 4. The summed E-state index contributed by atoms with van der Waals surface area (Å²) in [5, 5.41) is 14.5. The first-order valence-electron chi connectivity index (χ1n) is 5.59. The van der Waals surface area contributed by atoms with Crippen LogP contribution in [-0.4, -0.2) is 4.92 Å². The van der Waals surface area contributed by atoms with Crippen LogP contribution in [0.4, 0.5) is 11.4 Å². The SMILES string of the molecule is O=[N+]([O-])c1cc(Cl)ccc1CNc1ccc(Br)cc1Br. The molecule has 0 saturated carbocycles. The zero-order valence-corrected chi connectivity index (χ0v) is 14.0. The van der Waals surface area contributed by atoms with E-state index in [2.05, 4.69) is 37.2 Å². The van der Waals surface area contributed by atoms with Crippen LogP contribution in [0.15, 0.2) is 45.3 Å². The highest BCUT2D eigenvalue weighted by Gasteiger charge is 2.14. The zero-order chi connectivity index (χ0) is 14.7. The Balaban J connectivity index is 2.20. The summed E-state index contributed by atoms with van der Waals surface area (Å²) >= 11 is 12.6. The van der Waals surface area contributed by atoms with Crippen molar-refractivity contribution in [1.82, 2.24) is 0 Å². The van der Waals surface area contributed by atoms with E-state index in [1.54, 1.807) is 12.1 Å². The highest BCUT2D eigenvalue weighted by atomic mass is 79.9. The van der Waals surface area contributed by atoms with Crippen molar-refractivity contribution in [1.29, 1.82) is 0 Å². The monoisotopic (exact) mass is 418 g/mol. The van der Waals surface area contributed by atoms with Gasteiger partial charge < -0.3 is 5.32 Å². The van der Waals surface area contributed by atoms with Gasteiger partial charge in [0.25, 0.3) is 5.69 Å². The molecule has 0 aliphatic heterocycles. The van der Waals surface area contributed by atoms with Crippen LogP contribution in [0.2, 0.25) is 5.02 Å². The van der Waals surface area contributed by atoms with Gasteiger partial charge in [-0.05, 0) is 46.3 Å². The highest BCUT2D eigenvalue weighted by molar-refractivity contribution is 9.11. The number of nitro groups is 1. The van der Waals surface area contributed by atoms with Gasteiger partial charge in [0.2, 0.25) is 0 Å². The first kappa shape index (κ1) is 15.3. The quantitative estimate of drug-likeness (QED) is 0.533. The third-order valence-electron chi connectivity index (χ3n) is 2.64. The Kier molecular flexibility index (Phi) is 5.01.